The molecule has 0 amide bonds. The maximum absolute atomic E-state index is 5.91. The van der Waals surface area contributed by atoms with E-state index in [1.54, 1.807) is 0 Å². The highest BCUT2D eigenvalue weighted by molar-refractivity contribution is 14.1. The number of nitrogens with two attached hydrogens (primary N) is 2. The topological polar surface area (TPSA) is 52.0 Å². The first-order valence-corrected chi connectivity index (χ1v) is 5.09. The summed E-state index contributed by atoms with van der Waals surface area (Å²) in [5.41, 5.74) is 15.2. The zero-order valence-electron chi connectivity index (χ0n) is 6.68. The van der Waals surface area contributed by atoms with E-state index in [0.29, 0.717) is 0 Å². The summed E-state index contributed by atoms with van der Waals surface area (Å²) in [6.07, 6.45) is 2.17. The van der Waals surface area contributed by atoms with E-state index in [4.69, 9.17) is 11.5 Å². The van der Waals surface area contributed by atoms with Crippen LogP contribution in [-0.4, -0.2) is 0 Å². The van der Waals surface area contributed by atoms with E-state index in [0.717, 1.165) is 22.1 Å². The van der Waals surface area contributed by atoms with E-state index < -0.39 is 0 Å². The van der Waals surface area contributed by atoms with Gasteiger partial charge < -0.3 is 11.5 Å². The van der Waals surface area contributed by atoms with Crippen LogP contribution in [0, 0.1) is 3.57 Å². The molecule has 4 N–H and O–H groups in total. The molecule has 0 bridgehead atoms. The van der Waals surface area contributed by atoms with Crippen molar-refractivity contribution in [2.24, 2.45) is 5.73 Å². The number of nitrogen functional groups attached to an aromatic ring is 1. The van der Waals surface area contributed by atoms with Crippen molar-refractivity contribution in [2.75, 3.05) is 5.73 Å². The van der Waals surface area contributed by atoms with Crippen molar-refractivity contribution in [3.63, 3.8) is 0 Å². The minimum absolute atomic E-state index is 0.208. The lowest BCUT2D eigenvalue weighted by Gasteiger charge is -2.06. The molecule has 0 fully saturated rings. The summed E-state index contributed by atoms with van der Waals surface area (Å²) in [6.45, 7) is 0. The van der Waals surface area contributed by atoms with E-state index in [1.807, 2.05) is 6.07 Å². The van der Waals surface area contributed by atoms with Crippen molar-refractivity contribution in [2.45, 2.75) is 18.9 Å². The summed E-state index contributed by atoms with van der Waals surface area (Å²) in [7, 11) is 0. The molecule has 2 nitrogen and oxygen atoms in total. The Balaban J connectivity index is 2.56. The number of hydrogen-bond donors (Lipinski definition) is 2. The number of aryl methyl sites for hydroxylation is 1. The van der Waals surface area contributed by atoms with Crippen molar-refractivity contribution >= 4 is 28.3 Å². The fraction of sp³-hybridized carbons (Fsp3) is 0.333. The number of fused-ring (bicyclic) bond motifs is 1. The molecule has 1 unspecified atom stereocenters. The van der Waals surface area contributed by atoms with Crippen LogP contribution in [0.5, 0.6) is 0 Å². The molecule has 0 heterocycles. The fourth-order valence-corrected chi connectivity index (χ4v) is 2.21. The van der Waals surface area contributed by atoms with Crippen LogP contribution >= 0.6 is 22.6 Å². The van der Waals surface area contributed by atoms with Gasteiger partial charge in [-0.25, -0.2) is 0 Å². The smallest absolute Gasteiger partial charge is 0.0453 e. The molecule has 64 valence electrons. The van der Waals surface area contributed by atoms with Crippen LogP contribution in [0.15, 0.2) is 12.1 Å². The summed E-state index contributed by atoms with van der Waals surface area (Å²) < 4.78 is 1.14. The van der Waals surface area contributed by atoms with Gasteiger partial charge in [0.15, 0.2) is 0 Å². The summed E-state index contributed by atoms with van der Waals surface area (Å²) in [5.74, 6) is 0. The number of anilines is 1. The van der Waals surface area contributed by atoms with Crippen molar-refractivity contribution < 1.29 is 0 Å². The highest BCUT2D eigenvalue weighted by Crippen LogP contribution is 2.32. The van der Waals surface area contributed by atoms with Gasteiger partial charge in [0, 0.05) is 15.3 Å². The quantitative estimate of drug-likeness (QED) is 0.560. The van der Waals surface area contributed by atoms with Crippen LogP contribution in [0.2, 0.25) is 0 Å². The second kappa shape index (κ2) is 2.88. The number of benzene rings is 1. The van der Waals surface area contributed by atoms with Crippen molar-refractivity contribution in [3.8, 4) is 0 Å². The van der Waals surface area contributed by atoms with Gasteiger partial charge in [0.2, 0.25) is 0 Å². The Hall–Kier alpha value is -0.290. The molecule has 0 spiro atoms. The second-order valence-corrected chi connectivity index (χ2v) is 4.38. The SMILES string of the molecule is Nc1cc2c(cc1I)CCC2N. The van der Waals surface area contributed by atoms with E-state index in [9.17, 15) is 0 Å². The van der Waals surface area contributed by atoms with Gasteiger partial charge in [-0.1, -0.05) is 0 Å². The van der Waals surface area contributed by atoms with Crippen LogP contribution in [0.3, 0.4) is 0 Å². The van der Waals surface area contributed by atoms with Crippen LogP contribution in [0.4, 0.5) is 5.69 Å². The Morgan fingerprint density at radius 1 is 1.42 bits per heavy atom. The summed E-state index contributed by atoms with van der Waals surface area (Å²) in [4.78, 5) is 0. The lowest BCUT2D eigenvalue weighted by molar-refractivity contribution is 0.713. The number of hydrogen-bond acceptors (Lipinski definition) is 2. The molecule has 0 aromatic heterocycles. The Labute approximate surface area is 85.5 Å². The van der Waals surface area contributed by atoms with Gasteiger partial charge in [-0.2, -0.15) is 0 Å². The second-order valence-electron chi connectivity index (χ2n) is 3.22. The Kier molecular flexibility index (Phi) is 2.00. The molecule has 0 radical (unpaired) electrons. The largest absolute Gasteiger partial charge is 0.398 e. The van der Waals surface area contributed by atoms with E-state index in [-0.39, 0.29) is 6.04 Å². The van der Waals surface area contributed by atoms with E-state index in [2.05, 4.69) is 28.7 Å². The van der Waals surface area contributed by atoms with E-state index in [1.165, 1.54) is 11.1 Å². The number of rotatable bonds is 0. The zero-order valence-corrected chi connectivity index (χ0v) is 8.84. The van der Waals surface area contributed by atoms with Gasteiger partial charge in [0.05, 0.1) is 0 Å². The molecule has 1 aliphatic carbocycles. The lowest BCUT2D eigenvalue weighted by Crippen LogP contribution is -2.06. The van der Waals surface area contributed by atoms with E-state index >= 15 is 0 Å². The molecule has 1 aromatic rings. The molecule has 1 aliphatic rings. The standard InChI is InChI=1S/C9H11IN2/c10-7-3-5-1-2-8(11)6(5)4-9(7)12/h3-4,8H,1-2,11-12H2. The van der Waals surface area contributed by atoms with Crippen LogP contribution in [0.1, 0.15) is 23.6 Å². The summed E-state index contributed by atoms with van der Waals surface area (Å²) >= 11 is 2.26. The first-order valence-electron chi connectivity index (χ1n) is 4.02. The van der Waals surface area contributed by atoms with Gasteiger partial charge >= 0.3 is 0 Å². The molecule has 0 aliphatic heterocycles. The molecule has 1 atom stereocenters. The molecular formula is C9H11IN2. The maximum Gasteiger partial charge on any atom is 0.0453 e. The molecular weight excluding hydrogens is 263 g/mol. The first kappa shape index (κ1) is 8.31. The van der Waals surface area contributed by atoms with Gasteiger partial charge in [-0.15, -0.1) is 0 Å². The fourth-order valence-electron chi connectivity index (χ4n) is 1.68. The third kappa shape index (κ3) is 1.21. The average Bonchev–Trinajstić information content (AvgIpc) is 2.35. The zero-order chi connectivity index (χ0) is 8.72. The van der Waals surface area contributed by atoms with Gasteiger partial charge in [-0.3, -0.25) is 0 Å². The highest BCUT2D eigenvalue weighted by Gasteiger charge is 2.19. The molecule has 0 saturated heterocycles. The van der Waals surface area contributed by atoms with Gasteiger partial charge in [0.1, 0.15) is 0 Å². The first-order chi connectivity index (χ1) is 5.68. The predicted octanol–water partition coefficient (Wildman–Crippen LogP) is 1.82. The average molecular weight is 274 g/mol. The maximum atomic E-state index is 5.91. The lowest BCUT2D eigenvalue weighted by atomic mass is 10.1. The van der Waals surface area contributed by atoms with Gasteiger partial charge in [-0.05, 0) is 58.7 Å². The van der Waals surface area contributed by atoms with Crippen molar-refractivity contribution in [1.29, 1.82) is 0 Å². The molecule has 3 heteroatoms. The predicted molar refractivity (Wildman–Crippen MR) is 58.8 cm³/mol. The summed E-state index contributed by atoms with van der Waals surface area (Å²) in [6, 6.07) is 4.38. The number of halogens is 1. The minimum Gasteiger partial charge on any atom is -0.398 e. The third-order valence-corrected chi connectivity index (χ3v) is 3.32. The highest BCUT2D eigenvalue weighted by atomic mass is 127. The Morgan fingerprint density at radius 3 is 2.92 bits per heavy atom. The summed E-state index contributed by atoms with van der Waals surface area (Å²) in [5, 5.41) is 0. The monoisotopic (exact) mass is 274 g/mol. The Morgan fingerprint density at radius 2 is 2.17 bits per heavy atom. The van der Waals surface area contributed by atoms with Crippen molar-refractivity contribution in [1.82, 2.24) is 0 Å². The molecule has 0 saturated carbocycles. The molecule has 12 heavy (non-hydrogen) atoms. The minimum atomic E-state index is 0.208. The van der Waals surface area contributed by atoms with Crippen LogP contribution < -0.4 is 11.5 Å². The van der Waals surface area contributed by atoms with Crippen LogP contribution in [0.25, 0.3) is 0 Å². The molecule has 2 rings (SSSR count). The third-order valence-electron chi connectivity index (χ3n) is 2.38. The van der Waals surface area contributed by atoms with Crippen LogP contribution in [-0.2, 0) is 6.42 Å². The van der Waals surface area contributed by atoms with Crippen molar-refractivity contribution in [3.05, 3.63) is 26.8 Å². The van der Waals surface area contributed by atoms with Gasteiger partial charge in [0.25, 0.3) is 0 Å². The Bertz CT molecular complexity index is 323. The normalized spacial score (nSPS) is 21.0. The molecule has 1 aromatic carbocycles.